The van der Waals surface area contributed by atoms with Gasteiger partial charge in [-0.05, 0) is 42.4 Å². The highest BCUT2D eigenvalue weighted by Crippen LogP contribution is 2.13. The molecule has 2 rings (SSSR count). The van der Waals surface area contributed by atoms with Crippen LogP contribution in [0.5, 0.6) is 0 Å². The van der Waals surface area contributed by atoms with Crippen molar-refractivity contribution in [3.8, 4) is 0 Å². The normalized spacial score (nSPS) is 10.4. The highest BCUT2D eigenvalue weighted by atomic mass is 14.0. The molecule has 0 heterocycles. The lowest BCUT2D eigenvalue weighted by Crippen LogP contribution is -1.88. The number of unbranched alkanes of at least 4 members (excludes halogenated alkanes) is 9. The number of aryl methyl sites for hydroxylation is 3. The van der Waals surface area contributed by atoms with Crippen molar-refractivity contribution >= 4 is 0 Å². The molecule has 0 saturated carbocycles. The Morgan fingerprint density at radius 1 is 0.429 bits per heavy atom. The van der Waals surface area contributed by atoms with Gasteiger partial charge in [0.2, 0.25) is 0 Å². The molecule has 2 aromatic rings. The Kier molecular flexibility index (Phi) is 15.3. The van der Waals surface area contributed by atoms with E-state index in [0.717, 1.165) is 12.8 Å². The lowest BCUT2D eigenvalue weighted by Gasteiger charge is -2.04. The van der Waals surface area contributed by atoms with E-state index < -0.39 is 0 Å². The largest absolute Gasteiger partial charge is 0.0654 e. The van der Waals surface area contributed by atoms with Crippen LogP contribution in [0.3, 0.4) is 0 Å². The molecule has 0 N–H and O–H groups in total. The van der Waals surface area contributed by atoms with Gasteiger partial charge in [-0.15, -0.1) is 0 Å². The third kappa shape index (κ3) is 12.8. The Morgan fingerprint density at radius 2 is 0.857 bits per heavy atom. The Bertz CT molecular complexity index is 552. The van der Waals surface area contributed by atoms with Crippen LogP contribution in [0.1, 0.15) is 102 Å². The summed E-state index contributed by atoms with van der Waals surface area (Å²) in [5.41, 5.74) is 4.38. The first-order valence-electron chi connectivity index (χ1n) is 11.9. The minimum atomic E-state index is 1.14. The molecule has 0 spiro atoms. The van der Waals surface area contributed by atoms with E-state index in [9.17, 15) is 0 Å². The molecule has 0 radical (unpaired) electrons. The topological polar surface area (TPSA) is 0 Å². The molecule has 156 valence electrons. The number of benzene rings is 2. The molecule has 0 aliphatic heterocycles. The predicted octanol–water partition coefficient (Wildman–Crippen LogP) is 8.96. The molecule has 0 aliphatic rings. The molecule has 0 amide bonds. The summed E-state index contributed by atoms with van der Waals surface area (Å²) < 4.78 is 0. The first kappa shape index (κ1) is 24.5. The molecule has 0 atom stereocenters. The summed E-state index contributed by atoms with van der Waals surface area (Å²) in [6.45, 7) is 6.67. The van der Waals surface area contributed by atoms with Gasteiger partial charge < -0.3 is 0 Å². The van der Waals surface area contributed by atoms with Gasteiger partial charge in [0.25, 0.3) is 0 Å². The van der Waals surface area contributed by atoms with Gasteiger partial charge in [0, 0.05) is 0 Å². The fourth-order valence-corrected chi connectivity index (χ4v) is 3.47. The number of rotatable bonds is 13. The van der Waals surface area contributed by atoms with Crippen LogP contribution in [-0.2, 0) is 19.3 Å². The Morgan fingerprint density at radius 3 is 1.32 bits per heavy atom. The highest BCUT2D eigenvalue weighted by molar-refractivity contribution is 5.22. The average molecular weight is 381 g/mol. The molecule has 0 unspecified atom stereocenters. The summed E-state index contributed by atoms with van der Waals surface area (Å²) in [6.07, 6.45) is 17.8. The molecule has 0 aromatic heterocycles. The molecule has 2 aromatic carbocycles. The van der Waals surface area contributed by atoms with Crippen molar-refractivity contribution in [1.29, 1.82) is 0 Å². The van der Waals surface area contributed by atoms with Crippen molar-refractivity contribution in [2.24, 2.45) is 0 Å². The van der Waals surface area contributed by atoms with Crippen molar-refractivity contribution in [3.63, 3.8) is 0 Å². The van der Waals surface area contributed by atoms with E-state index in [1.807, 2.05) is 6.07 Å². The summed E-state index contributed by atoms with van der Waals surface area (Å²) in [5.74, 6) is 0. The standard InChI is InChI=1S/C20H34.C8H10/c1-3-5-6-7-8-9-10-11-12-13-14-20-17-15-19(4-2)16-18-20;1-2-8-6-4-3-5-7-8/h15-18H,3-14H2,1-2H3;3-7H,2H2,1H3. The first-order valence-corrected chi connectivity index (χ1v) is 11.9. The molecule has 0 fully saturated rings. The second-order valence-electron chi connectivity index (χ2n) is 7.94. The van der Waals surface area contributed by atoms with Crippen LogP contribution in [0, 0.1) is 0 Å². The van der Waals surface area contributed by atoms with Crippen LogP contribution < -0.4 is 0 Å². The smallest absolute Gasteiger partial charge is 0.0279 e. The van der Waals surface area contributed by atoms with Crippen LogP contribution in [0.4, 0.5) is 0 Å². The van der Waals surface area contributed by atoms with Gasteiger partial charge in [-0.25, -0.2) is 0 Å². The molecule has 28 heavy (non-hydrogen) atoms. The number of hydrogen-bond donors (Lipinski definition) is 0. The lowest BCUT2D eigenvalue weighted by molar-refractivity contribution is 0.556. The third-order valence-corrected chi connectivity index (χ3v) is 5.50. The molecular weight excluding hydrogens is 336 g/mol. The van der Waals surface area contributed by atoms with Gasteiger partial charge in [0.1, 0.15) is 0 Å². The van der Waals surface area contributed by atoms with Crippen LogP contribution >= 0.6 is 0 Å². The van der Waals surface area contributed by atoms with E-state index in [1.165, 1.54) is 87.3 Å². The SMILES string of the molecule is CCCCCCCCCCCCc1ccc(CC)cc1.CCc1ccccc1. The summed E-state index contributed by atoms with van der Waals surface area (Å²) >= 11 is 0. The average Bonchev–Trinajstić information content (AvgIpc) is 2.76. The summed E-state index contributed by atoms with van der Waals surface area (Å²) in [7, 11) is 0. The van der Waals surface area contributed by atoms with Gasteiger partial charge in [0.05, 0.1) is 0 Å². The third-order valence-electron chi connectivity index (χ3n) is 5.50. The van der Waals surface area contributed by atoms with Crippen LogP contribution in [-0.4, -0.2) is 0 Å². The maximum Gasteiger partial charge on any atom is -0.0279 e. The zero-order chi connectivity index (χ0) is 20.3. The van der Waals surface area contributed by atoms with Gasteiger partial charge in [-0.2, -0.15) is 0 Å². The van der Waals surface area contributed by atoms with Crippen molar-refractivity contribution in [2.75, 3.05) is 0 Å². The molecule has 0 saturated heterocycles. The maximum atomic E-state index is 2.31. The number of hydrogen-bond acceptors (Lipinski definition) is 0. The van der Waals surface area contributed by atoms with Crippen LogP contribution in [0.25, 0.3) is 0 Å². The van der Waals surface area contributed by atoms with Crippen molar-refractivity contribution in [1.82, 2.24) is 0 Å². The van der Waals surface area contributed by atoms with E-state index in [4.69, 9.17) is 0 Å². The molecule has 0 nitrogen and oxygen atoms in total. The Balaban J connectivity index is 0.000000406. The minimum absolute atomic E-state index is 1.14. The van der Waals surface area contributed by atoms with Gasteiger partial charge in [0.15, 0.2) is 0 Å². The highest BCUT2D eigenvalue weighted by Gasteiger charge is 1.95. The molecule has 0 heteroatoms. The van der Waals surface area contributed by atoms with E-state index in [1.54, 1.807) is 0 Å². The molecular formula is C28H44. The van der Waals surface area contributed by atoms with Gasteiger partial charge >= 0.3 is 0 Å². The zero-order valence-electron chi connectivity index (χ0n) is 18.9. The molecule has 0 bridgehead atoms. The Labute approximate surface area is 175 Å². The first-order chi connectivity index (χ1) is 13.8. The second kappa shape index (κ2) is 17.5. The maximum absolute atomic E-state index is 2.31. The van der Waals surface area contributed by atoms with Crippen molar-refractivity contribution in [3.05, 3.63) is 71.3 Å². The van der Waals surface area contributed by atoms with Gasteiger partial charge in [-0.3, -0.25) is 0 Å². The van der Waals surface area contributed by atoms with Crippen molar-refractivity contribution < 1.29 is 0 Å². The minimum Gasteiger partial charge on any atom is -0.0654 e. The summed E-state index contributed by atoms with van der Waals surface area (Å²) in [6, 6.07) is 19.6. The summed E-state index contributed by atoms with van der Waals surface area (Å²) in [4.78, 5) is 0. The van der Waals surface area contributed by atoms with E-state index in [-0.39, 0.29) is 0 Å². The second-order valence-corrected chi connectivity index (χ2v) is 7.94. The summed E-state index contributed by atoms with van der Waals surface area (Å²) in [5, 5.41) is 0. The fourth-order valence-electron chi connectivity index (χ4n) is 3.47. The monoisotopic (exact) mass is 380 g/mol. The van der Waals surface area contributed by atoms with Crippen molar-refractivity contribution in [2.45, 2.75) is 104 Å². The quantitative estimate of drug-likeness (QED) is 0.304. The Hall–Kier alpha value is -1.56. The van der Waals surface area contributed by atoms with E-state index in [0.29, 0.717) is 0 Å². The van der Waals surface area contributed by atoms with E-state index in [2.05, 4.69) is 69.3 Å². The fraction of sp³-hybridized carbons (Fsp3) is 0.571. The van der Waals surface area contributed by atoms with Gasteiger partial charge in [-0.1, -0.05) is 133 Å². The lowest BCUT2D eigenvalue weighted by atomic mass is 10.0. The molecule has 0 aliphatic carbocycles. The predicted molar refractivity (Wildman–Crippen MR) is 127 cm³/mol. The van der Waals surface area contributed by atoms with Crippen LogP contribution in [0.15, 0.2) is 54.6 Å². The zero-order valence-corrected chi connectivity index (χ0v) is 18.9. The van der Waals surface area contributed by atoms with Crippen LogP contribution in [0.2, 0.25) is 0 Å². The van der Waals surface area contributed by atoms with E-state index >= 15 is 0 Å².